The monoisotopic (exact) mass is 349 g/mol. The number of hydrazine groups is 1. The minimum Gasteiger partial charge on any atom is -0.294 e. The largest absolute Gasteiger partial charge is 0.294 e. The van der Waals surface area contributed by atoms with E-state index in [-0.39, 0.29) is 5.91 Å². The van der Waals surface area contributed by atoms with Crippen LogP contribution in [-0.4, -0.2) is 12.1 Å². The van der Waals surface area contributed by atoms with Crippen molar-refractivity contribution in [1.82, 2.24) is 5.43 Å². The van der Waals surface area contributed by atoms with Gasteiger partial charge in [0.15, 0.2) is 0 Å². The lowest BCUT2D eigenvalue weighted by Crippen LogP contribution is -2.36. The number of hydrogen-bond acceptors (Lipinski definition) is 2. The maximum Gasteiger partial charge on any atom is 0.237 e. The Bertz CT molecular complexity index is 710. The zero-order chi connectivity index (χ0) is 17.5. The number of nitrogens with two attached hydrogens (primary N) is 1. The fourth-order valence-corrected chi connectivity index (χ4v) is 7.47. The number of benzene rings is 3. The Balaban J connectivity index is 2.22. The van der Waals surface area contributed by atoms with Crippen molar-refractivity contribution in [1.29, 1.82) is 0 Å². The summed E-state index contributed by atoms with van der Waals surface area (Å²) >= 11 is 0. The van der Waals surface area contributed by atoms with E-state index in [4.69, 9.17) is 5.84 Å². The zero-order valence-electron chi connectivity index (χ0n) is 14.0. The molecular weight excluding hydrogens is 327 g/mol. The average molecular weight is 349 g/mol. The number of carbonyl (C=O) groups is 1. The lowest BCUT2D eigenvalue weighted by molar-refractivity contribution is -0.120. The van der Waals surface area contributed by atoms with Crippen molar-refractivity contribution in [3.8, 4) is 0 Å². The van der Waals surface area contributed by atoms with Crippen LogP contribution in [0.1, 0.15) is 6.42 Å². The predicted octanol–water partition coefficient (Wildman–Crippen LogP) is 2.36. The van der Waals surface area contributed by atoms with Crippen LogP contribution < -0.4 is 27.2 Å². The summed E-state index contributed by atoms with van der Waals surface area (Å²) in [5.41, 5.74) is 2.27. The van der Waals surface area contributed by atoms with Gasteiger partial charge < -0.3 is 0 Å². The van der Waals surface area contributed by atoms with Gasteiger partial charge in [0.25, 0.3) is 0 Å². The van der Waals surface area contributed by atoms with Crippen molar-refractivity contribution in [2.75, 3.05) is 6.16 Å². The maximum absolute atomic E-state index is 11.9. The quantitative estimate of drug-likeness (QED) is 0.311. The molecule has 0 atom stereocenters. The van der Waals surface area contributed by atoms with E-state index in [9.17, 15) is 4.79 Å². The fourth-order valence-electron chi connectivity index (χ4n) is 3.22. The molecule has 0 saturated carbocycles. The lowest BCUT2D eigenvalue weighted by Gasteiger charge is -2.27. The van der Waals surface area contributed by atoms with Gasteiger partial charge in [-0.05, 0) is 36.4 Å². The minimum absolute atomic E-state index is 0.132. The van der Waals surface area contributed by atoms with Gasteiger partial charge in [-0.25, -0.2) is 5.84 Å². The van der Waals surface area contributed by atoms with Gasteiger partial charge in [0.2, 0.25) is 5.91 Å². The normalized spacial score (nSPS) is 11.1. The number of nitrogens with one attached hydrogen (secondary N) is 1. The first kappa shape index (κ1) is 17.3. The van der Waals surface area contributed by atoms with Crippen LogP contribution in [0.25, 0.3) is 0 Å². The second-order valence-electron chi connectivity index (χ2n) is 5.86. The van der Waals surface area contributed by atoms with Crippen molar-refractivity contribution in [2.24, 2.45) is 5.84 Å². The predicted molar refractivity (Wildman–Crippen MR) is 107 cm³/mol. The van der Waals surface area contributed by atoms with Crippen LogP contribution in [0.4, 0.5) is 0 Å². The molecule has 3 nitrogen and oxygen atoms in total. The van der Waals surface area contributed by atoms with Gasteiger partial charge in [0.1, 0.15) is 23.2 Å². The SMILES string of the molecule is NNC(=O)CC[P+](c1ccccc1)(c1ccccc1)c1ccccc1. The summed E-state index contributed by atoms with van der Waals surface area (Å²) in [6.07, 6.45) is 1.14. The molecule has 3 aromatic carbocycles. The Morgan fingerprint density at radius 1 is 0.720 bits per heavy atom. The van der Waals surface area contributed by atoms with Gasteiger partial charge in [-0.1, -0.05) is 54.6 Å². The summed E-state index contributed by atoms with van der Waals surface area (Å²) in [7, 11) is -1.94. The number of hydrogen-bond donors (Lipinski definition) is 2. The van der Waals surface area contributed by atoms with E-state index in [0.717, 1.165) is 6.16 Å². The van der Waals surface area contributed by atoms with E-state index in [2.05, 4.69) is 78.2 Å². The van der Waals surface area contributed by atoms with E-state index in [1.165, 1.54) is 15.9 Å². The van der Waals surface area contributed by atoms with Crippen LogP contribution in [0.2, 0.25) is 0 Å². The fraction of sp³-hybridized carbons (Fsp3) is 0.0952. The Morgan fingerprint density at radius 3 is 1.40 bits per heavy atom. The summed E-state index contributed by atoms with van der Waals surface area (Å²) in [5.74, 6) is 5.20. The van der Waals surface area contributed by atoms with Crippen LogP contribution in [-0.2, 0) is 4.79 Å². The highest BCUT2D eigenvalue weighted by Crippen LogP contribution is 2.55. The number of rotatable bonds is 6. The lowest BCUT2D eigenvalue weighted by atomic mass is 10.3. The Kier molecular flexibility index (Phi) is 5.60. The standard InChI is InChI=1S/C21H21N2OP/c22-23-21(24)16-17-25(18-10-4-1-5-11-18,19-12-6-2-7-13-19)20-14-8-3-9-15-20/h1-15H,16-17,22H2/p+1. The maximum atomic E-state index is 11.9. The Hall–Kier alpha value is -2.48. The minimum atomic E-state index is -1.94. The van der Waals surface area contributed by atoms with Crippen LogP contribution in [0.5, 0.6) is 0 Å². The summed E-state index contributed by atoms with van der Waals surface area (Å²) in [6, 6.07) is 31.5. The van der Waals surface area contributed by atoms with Crippen molar-refractivity contribution >= 4 is 29.1 Å². The molecule has 0 heterocycles. The highest BCUT2D eigenvalue weighted by atomic mass is 31.2. The van der Waals surface area contributed by atoms with E-state index in [0.29, 0.717) is 6.42 Å². The van der Waals surface area contributed by atoms with Gasteiger partial charge in [0, 0.05) is 0 Å². The molecule has 0 aromatic heterocycles. The van der Waals surface area contributed by atoms with Crippen LogP contribution in [0, 0.1) is 0 Å². The van der Waals surface area contributed by atoms with E-state index < -0.39 is 7.26 Å². The first-order valence-electron chi connectivity index (χ1n) is 8.32. The molecule has 0 saturated heterocycles. The van der Waals surface area contributed by atoms with E-state index in [1.54, 1.807) is 0 Å². The van der Waals surface area contributed by atoms with Gasteiger partial charge in [0.05, 0.1) is 12.6 Å². The molecule has 0 spiro atoms. The molecule has 0 radical (unpaired) electrons. The second-order valence-corrected chi connectivity index (χ2v) is 9.47. The molecule has 0 fully saturated rings. The Morgan fingerprint density at radius 2 is 1.08 bits per heavy atom. The molecule has 0 aliphatic heterocycles. The first-order valence-corrected chi connectivity index (χ1v) is 10.3. The third-order valence-electron chi connectivity index (χ3n) is 4.43. The molecule has 0 aliphatic carbocycles. The van der Waals surface area contributed by atoms with Gasteiger partial charge in [-0.3, -0.25) is 10.2 Å². The zero-order valence-corrected chi connectivity index (χ0v) is 14.9. The molecule has 4 heteroatoms. The summed E-state index contributed by atoms with van der Waals surface area (Å²) in [6.45, 7) is 0. The van der Waals surface area contributed by atoms with Crippen LogP contribution in [0.3, 0.4) is 0 Å². The van der Waals surface area contributed by atoms with E-state index in [1.807, 2.05) is 18.2 Å². The summed E-state index contributed by atoms with van der Waals surface area (Å²) in [4.78, 5) is 11.9. The van der Waals surface area contributed by atoms with Crippen molar-refractivity contribution in [2.45, 2.75) is 6.42 Å². The molecule has 0 bridgehead atoms. The third kappa shape index (κ3) is 3.63. The Labute approximate surface area is 149 Å². The molecule has 3 N–H and O–H groups in total. The summed E-state index contributed by atoms with van der Waals surface area (Å²) < 4.78 is 0. The smallest absolute Gasteiger partial charge is 0.237 e. The molecular formula is C21H22N2OP+. The van der Waals surface area contributed by atoms with Gasteiger partial charge >= 0.3 is 0 Å². The van der Waals surface area contributed by atoms with Crippen LogP contribution in [0.15, 0.2) is 91.0 Å². The summed E-state index contributed by atoms with van der Waals surface area (Å²) in [5, 5.41) is 3.83. The highest BCUT2D eigenvalue weighted by molar-refractivity contribution is 7.95. The molecule has 3 rings (SSSR count). The number of carbonyl (C=O) groups excluding carboxylic acids is 1. The van der Waals surface area contributed by atoms with Crippen molar-refractivity contribution in [3.63, 3.8) is 0 Å². The molecule has 0 unspecified atom stereocenters. The molecule has 0 aliphatic rings. The average Bonchev–Trinajstić information content (AvgIpc) is 2.71. The molecule has 126 valence electrons. The van der Waals surface area contributed by atoms with Crippen molar-refractivity contribution < 1.29 is 4.79 Å². The van der Waals surface area contributed by atoms with E-state index >= 15 is 0 Å². The molecule has 1 amide bonds. The second kappa shape index (κ2) is 8.06. The van der Waals surface area contributed by atoms with Crippen molar-refractivity contribution in [3.05, 3.63) is 91.0 Å². The van der Waals surface area contributed by atoms with Gasteiger partial charge in [-0.15, -0.1) is 0 Å². The number of amides is 1. The highest BCUT2D eigenvalue weighted by Gasteiger charge is 2.45. The first-order chi connectivity index (χ1) is 12.3. The van der Waals surface area contributed by atoms with Gasteiger partial charge in [-0.2, -0.15) is 0 Å². The molecule has 25 heavy (non-hydrogen) atoms. The van der Waals surface area contributed by atoms with Crippen LogP contribution >= 0.6 is 7.26 Å². The molecule has 3 aromatic rings. The topological polar surface area (TPSA) is 55.1 Å². The third-order valence-corrected chi connectivity index (χ3v) is 8.86.